The van der Waals surface area contributed by atoms with Gasteiger partial charge in [0.25, 0.3) is 5.56 Å². The predicted octanol–water partition coefficient (Wildman–Crippen LogP) is 4.59. The fraction of sp³-hybridized carbons (Fsp3) is 0.238. The lowest BCUT2D eigenvalue weighted by Gasteiger charge is -2.12. The van der Waals surface area contributed by atoms with Gasteiger partial charge in [-0.1, -0.05) is 13.0 Å². The summed E-state index contributed by atoms with van der Waals surface area (Å²) >= 11 is 0. The third-order valence-electron chi connectivity index (χ3n) is 5.34. The Kier molecular flexibility index (Phi) is 5.62. The minimum Gasteiger partial charge on any atom is -0.406 e. The van der Waals surface area contributed by atoms with Crippen LogP contribution in [0.2, 0.25) is 0 Å². The lowest BCUT2D eigenvalue weighted by Crippen LogP contribution is -2.25. The first-order chi connectivity index (χ1) is 16.1. The molecule has 0 radical (unpaired) electrons. The van der Waals surface area contributed by atoms with E-state index < -0.39 is 49.9 Å². The number of rotatable bonds is 4. The van der Waals surface area contributed by atoms with E-state index >= 15 is 0 Å². The van der Waals surface area contributed by atoms with E-state index in [1.165, 1.54) is 14.0 Å². The number of fused-ring (bicyclic) bond motifs is 2. The zero-order chi connectivity index (χ0) is 25.9. The van der Waals surface area contributed by atoms with Crippen molar-refractivity contribution in [2.24, 2.45) is 7.05 Å². The van der Waals surface area contributed by atoms with Gasteiger partial charge in [-0.3, -0.25) is 4.79 Å². The molecule has 0 saturated carbocycles. The molecule has 0 fully saturated rings. The third kappa shape index (κ3) is 4.33. The molecule has 35 heavy (non-hydrogen) atoms. The van der Waals surface area contributed by atoms with Gasteiger partial charge in [0, 0.05) is 23.9 Å². The van der Waals surface area contributed by atoms with Crippen LogP contribution in [-0.4, -0.2) is 34.9 Å². The van der Waals surface area contributed by atoms with Gasteiger partial charge in [0.05, 0.1) is 28.4 Å². The number of hydrogen-bond donors (Lipinski definition) is 0. The molecule has 0 N–H and O–H groups in total. The lowest BCUT2D eigenvalue weighted by atomic mass is 10.1. The van der Waals surface area contributed by atoms with E-state index in [9.17, 15) is 39.6 Å². The highest BCUT2D eigenvalue weighted by atomic mass is 32.2. The van der Waals surface area contributed by atoms with Crippen molar-refractivity contribution in [2.45, 2.75) is 24.4 Å². The largest absolute Gasteiger partial charge is 0.573 e. The number of sulfone groups is 1. The fourth-order valence-corrected chi connectivity index (χ4v) is 5.02. The summed E-state index contributed by atoms with van der Waals surface area (Å²) in [5, 5.41) is 3.63. The van der Waals surface area contributed by atoms with Gasteiger partial charge < -0.3 is 9.30 Å². The van der Waals surface area contributed by atoms with Crippen LogP contribution in [-0.2, 0) is 23.1 Å². The summed E-state index contributed by atoms with van der Waals surface area (Å²) in [5.74, 6) is -1.40. The van der Waals surface area contributed by atoms with Crippen molar-refractivity contribution >= 4 is 31.5 Å². The molecule has 2 aromatic heterocycles. The number of alkyl halides is 6. The molecular formula is C21H15F6N3O4S. The molecule has 0 unspecified atom stereocenters. The van der Waals surface area contributed by atoms with Crippen LogP contribution in [0.25, 0.3) is 27.5 Å². The molecule has 0 aliphatic heterocycles. The average Bonchev–Trinajstić information content (AvgIpc) is 3.04. The number of ether oxygens (including phenoxy) is 1. The lowest BCUT2D eigenvalue weighted by molar-refractivity contribution is -0.274. The molecule has 14 heteroatoms. The summed E-state index contributed by atoms with van der Waals surface area (Å²) in [6.07, 6.45) is -8.65. The third-order valence-corrected chi connectivity index (χ3v) is 7.12. The van der Waals surface area contributed by atoms with Crippen molar-refractivity contribution in [3.63, 3.8) is 0 Å². The predicted molar refractivity (Wildman–Crippen MR) is 113 cm³/mol. The summed E-state index contributed by atoms with van der Waals surface area (Å²) in [6.45, 7) is 1.32. The zero-order valence-corrected chi connectivity index (χ0v) is 18.7. The van der Waals surface area contributed by atoms with Crippen molar-refractivity contribution < 1.29 is 39.5 Å². The van der Waals surface area contributed by atoms with Crippen molar-refractivity contribution in [1.82, 2.24) is 14.3 Å². The Morgan fingerprint density at radius 2 is 1.69 bits per heavy atom. The topological polar surface area (TPSA) is 83.2 Å². The Morgan fingerprint density at radius 3 is 2.29 bits per heavy atom. The maximum absolute atomic E-state index is 13.2. The highest BCUT2D eigenvalue weighted by Gasteiger charge is 2.33. The van der Waals surface area contributed by atoms with Crippen molar-refractivity contribution in [1.29, 1.82) is 0 Å². The van der Waals surface area contributed by atoms with Crippen LogP contribution in [0.3, 0.4) is 0 Å². The highest BCUT2D eigenvalue weighted by molar-refractivity contribution is 7.91. The summed E-state index contributed by atoms with van der Waals surface area (Å²) in [4.78, 5) is 12.8. The normalized spacial score (nSPS) is 13.0. The van der Waals surface area contributed by atoms with E-state index in [0.717, 1.165) is 41.1 Å². The highest BCUT2D eigenvalue weighted by Crippen LogP contribution is 2.36. The van der Waals surface area contributed by atoms with E-state index in [2.05, 4.69) is 9.84 Å². The monoisotopic (exact) mass is 519 g/mol. The number of benzene rings is 2. The molecule has 186 valence electrons. The molecule has 0 aliphatic rings. The van der Waals surface area contributed by atoms with Gasteiger partial charge in [-0.15, -0.1) is 13.2 Å². The first-order valence-corrected chi connectivity index (χ1v) is 11.5. The summed E-state index contributed by atoms with van der Waals surface area (Å²) in [7, 11) is -2.81. The second-order valence-corrected chi connectivity index (χ2v) is 9.72. The Balaban J connectivity index is 2.08. The SMILES string of the molecule is CCS(=O)(=O)c1c(-n2ncc3ccc(C(F)(F)F)cc3c2=O)n(C)c2cc(OC(F)(F)F)ccc12. The minimum atomic E-state index is -5.01. The number of hydrogen-bond acceptors (Lipinski definition) is 5. The molecule has 0 amide bonds. The average molecular weight is 519 g/mol. The second-order valence-electron chi connectivity index (χ2n) is 7.50. The Morgan fingerprint density at radius 1 is 1.00 bits per heavy atom. The molecule has 0 spiro atoms. The molecule has 4 aromatic rings. The molecule has 0 aliphatic carbocycles. The number of halogens is 6. The Hall–Kier alpha value is -3.55. The van der Waals surface area contributed by atoms with E-state index in [1.807, 2.05) is 0 Å². The van der Waals surface area contributed by atoms with Gasteiger partial charge in [0.1, 0.15) is 10.6 Å². The standard InChI is InChI=1S/C21H15F6N3O4S/c1-3-35(32,33)17-14-7-6-13(34-21(25,26)27)9-16(14)29(2)18(17)30-19(31)15-8-12(20(22,23)24)5-4-11(15)10-28-30/h4-10H,3H2,1-2H3. The van der Waals surface area contributed by atoms with Gasteiger partial charge in [-0.25, -0.2) is 8.42 Å². The first kappa shape index (κ1) is 24.6. The zero-order valence-electron chi connectivity index (χ0n) is 17.9. The summed E-state index contributed by atoms with van der Waals surface area (Å²) in [6, 6.07) is 5.41. The van der Waals surface area contributed by atoms with Gasteiger partial charge in [-0.2, -0.15) is 23.0 Å². The van der Waals surface area contributed by atoms with Crippen molar-refractivity contribution in [3.05, 3.63) is 58.5 Å². The van der Waals surface area contributed by atoms with Crippen LogP contribution in [0.1, 0.15) is 12.5 Å². The van der Waals surface area contributed by atoms with Crippen LogP contribution in [0, 0.1) is 0 Å². The van der Waals surface area contributed by atoms with E-state index in [4.69, 9.17) is 0 Å². The molecule has 2 heterocycles. The van der Waals surface area contributed by atoms with Crippen LogP contribution in [0.4, 0.5) is 26.3 Å². The molecule has 0 atom stereocenters. The Bertz CT molecular complexity index is 1640. The molecule has 7 nitrogen and oxygen atoms in total. The molecule has 4 rings (SSSR count). The van der Waals surface area contributed by atoms with Gasteiger partial charge >= 0.3 is 12.5 Å². The molecule has 0 bridgehead atoms. The maximum atomic E-state index is 13.2. The Labute approximate surface area is 193 Å². The van der Waals surface area contributed by atoms with Crippen LogP contribution in [0.5, 0.6) is 5.75 Å². The van der Waals surface area contributed by atoms with Crippen LogP contribution < -0.4 is 10.3 Å². The van der Waals surface area contributed by atoms with Crippen molar-refractivity contribution in [3.8, 4) is 11.6 Å². The first-order valence-electron chi connectivity index (χ1n) is 9.84. The smallest absolute Gasteiger partial charge is 0.406 e. The second kappa shape index (κ2) is 8.00. The number of aromatic nitrogens is 3. The van der Waals surface area contributed by atoms with Gasteiger partial charge in [-0.05, 0) is 24.3 Å². The van der Waals surface area contributed by atoms with E-state index in [-0.39, 0.29) is 27.5 Å². The van der Waals surface area contributed by atoms with Crippen molar-refractivity contribution in [2.75, 3.05) is 5.75 Å². The quantitative estimate of drug-likeness (QED) is 0.369. The minimum absolute atomic E-state index is 0.0169. The molecule has 2 aromatic carbocycles. The number of aryl methyl sites for hydroxylation is 1. The van der Waals surface area contributed by atoms with E-state index in [0.29, 0.717) is 10.7 Å². The molecule has 0 saturated heterocycles. The molecular weight excluding hydrogens is 504 g/mol. The summed E-state index contributed by atoms with van der Waals surface area (Å²) in [5.41, 5.74) is -2.17. The summed E-state index contributed by atoms with van der Waals surface area (Å²) < 4.78 is 109. The van der Waals surface area contributed by atoms with E-state index in [1.54, 1.807) is 0 Å². The number of nitrogens with zero attached hydrogens (tertiary/aromatic N) is 3. The van der Waals surface area contributed by atoms with Crippen LogP contribution in [0.15, 0.2) is 52.3 Å². The van der Waals surface area contributed by atoms with Crippen LogP contribution >= 0.6 is 0 Å². The van der Waals surface area contributed by atoms with Gasteiger partial charge in [0.2, 0.25) is 0 Å². The maximum Gasteiger partial charge on any atom is 0.573 e. The van der Waals surface area contributed by atoms with Gasteiger partial charge in [0.15, 0.2) is 15.7 Å². The fourth-order valence-electron chi connectivity index (χ4n) is 3.72.